The summed E-state index contributed by atoms with van der Waals surface area (Å²) >= 11 is 0. The lowest BCUT2D eigenvalue weighted by molar-refractivity contribution is 0.352. The van der Waals surface area contributed by atoms with Gasteiger partial charge >= 0.3 is 0 Å². The zero-order valence-corrected chi connectivity index (χ0v) is 6.78. The van der Waals surface area contributed by atoms with Gasteiger partial charge in [0.2, 0.25) is 0 Å². The minimum Gasteiger partial charge on any atom is -0.258 e. The summed E-state index contributed by atoms with van der Waals surface area (Å²) in [5.74, 6) is 1.54. The van der Waals surface area contributed by atoms with E-state index in [4.69, 9.17) is 5.73 Å². The van der Waals surface area contributed by atoms with Gasteiger partial charge < -0.3 is 0 Å². The van der Waals surface area contributed by atoms with Crippen LogP contribution >= 0.6 is 0 Å². The van der Waals surface area contributed by atoms with Gasteiger partial charge in [-0.05, 0) is 18.3 Å². The highest BCUT2D eigenvalue weighted by atomic mass is 14.5. The molecule has 0 saturated carbocycles. The molecule has 9 heavy (non-hydrogen) atoms. The number of nitrogens with one attached hydrogen (secondary N) is 1. The highest BCUT2D eigenvalue weighted by Crippen LogP contribution is 2.17. The second-order valence-electron chi connectivity index (χ2n) is 2.95. The highest BCUT2D eigenvalue weighted by Gasteiger charge is 2.08. The van der Waals surface area contributed by atoms with Crippen LogP contribution in [0.15, 0.2) is 0 Å². The van der Waals surface area contributed by atoms with Crippen LogP contribution < -0.4 is 5.73 Å². The second-order valence-corrected chi connectivity index (χ2v) is 2.95. The zero-order valence-electron chi connectivity index (χ0n) is 6.78. The van der Waals surface area contributed by atoms with Crippen LogP contribution in [0.4, 0.5) is 0 Å². The van der Waals surface area contributed by atoms with Gasteiger partial charge in [-0.15, -0.1) is 0 Å². The highest BCUT2D eigenvalue weighted by molar-refractivity contribution is 4.60. The molecule has 0 rings (SSSR count). The van der Waals surface area contributed by atoms with Gasteiger partial charge in [0.05, 0.1) is 0 Å². The van der Waals surface area contributed by atoms with Gasteiger partial charge in [-0.25, -0.2) is 0 Å². The first kappa shape index (κ1) is 8.96. The van der Waals surface area contributed by atoms with Crippen molar-refractivity contribution in [3.05, 3.63) is 0 Å². The molecule has 0 aliphatic rings. The molecule has 1 N–H and O–H groups in total. The summed E-state index contributed by atoms with van der Waals surface area (Å²) in [4.78, 5) is 0. The lowest BCUT2D eigenvalue weighted by atomic mass is 9.90. The molecule has 55 valence electrons. The summed E-state index contributed by atoms with van der Waals surface area (Å²) in [5.41, 5.74) is 7.03. The molecule has 0 aliphatic carbocycles. The van der Waals surface area contributed by atoms with Crippen molar-refractivity contribution >= 4 is 0 Å². The maximum absolute atomic E-state index is 7.03. The van der Waals surface area contributed by atoms with Crippen LogP contribution in [0.5, 0.6) is 0 Å². The van der Waals surface area contributed by atoms with E-state index in [0.717, 1.165) is 18.3 Å². The molecule has 0 spiro atoms. The molecule has 1 heteroatoms. The Bertz CT molecular complexity index is 59.6. The molecule has 0 aliphatic heterocycles. The third-order valence-corrected chi connectivity index (χ3v) is 1.98. The van der Waals surface area contributed by atoms with Crippen molar-refractivity contribution in [1.29, 1.82) is 0 Å². The van der Waals surface area contributed by atoms with Crippen LogP contribution in [-0.2, 0) is 0 Å². The van der Waals surface area contributed by atoms with Gasteiger partial charge in [-0.2, -0.15) is 0 Å². The van der Waals surface area contributed by atoms with Crippen LogP contribution in [0.2, 0.25) is 0 Å². The van der Waals surface area contributed by atoms with E-state index in [1.54, 1.807) is 0 Å². The van der Waals surface area contributed by atoms with Crippen molar-refractivity contribution in [2.45, 2.75) is 33.6 Å². The molecule has 1 nitrogen and oxygen atoms in total. The third-order valence-electron chi connectivity index (χ3n) is 1.98. The van der Waals surface area contributed by atoms with E-state index in [2.05, 4.69) is 20.8 Å². The van der Waals surface area contributed by atoms with Crippen LogP contribution in [0, 0.1) is 11.8 Å². The third kappa shape index (κ3) is 3.52. The Morgan fingerprint density at radius 2 is 1.89 bits per heavy atom. The number of rotatable bonds is 4. The molecule has 1 unspecified atom stereocenters. The molecule has 0 aromatic rings. The average molecular weight is 128 g/mol. The van der Waals surface area contributed by atoms with Crippen LogP contribution in [-0.4, -0.2) is 6.54 Å². The summed E-state index contributed by atoms with van der Waals surface area (Å²) < 4.78 is 0. The summed E-state index contributed by atoms with van der Waals surface area (Å²) in [6, 6.07) is 0. The van der Waals surface area contributed by atoms with Gasteiger partial charge in [0.1, 0.15) is 0 Å². The van der Waals surface area contributed by atoms with Crippen molar-refractivity contribution in [3.8, 4) is 0 Å². The van der Waals surface area contributed by atoms with Gasteiger partial charge in [-0.3, -0.25) is 5.73 Å². The largest absolute Gasteiger partial charge is 0.258 e. The Kier molecular flexibility index (Phi) is 4.78. The van der Waals surface area contributed by atoms with Gasteiger partial charge in [0, 0.05) is 6.54 Å². The molecule has 1 atom stereocenters. The zero-order chi connectivity index (χ0) is 7.28. The fourth-order valence-corrected chi connectivity index (χ4v) is 1.19. The van der Waals surface area contributed by atoms with Crippen LogP contribution in [0.25, 0.3) is 0 Å². The van der Waals surface area contributed by atoms with E-state index < -0.39 is 0 Å². The summed E-state index contributed by atoms with van der Waals surface area (Å²) in [6.45, 7) is 7.28. The van der Waals surface area contributed by atoms with E-state index in [1.807, 2.05) is 0 Å². The van der Waals surface area contributed by atoms with Gasteiger partial charge in [0.25, 0.3) is 0 Å². The number of hydrogen-bond acceptors (Lipinski definition) is 0. The molecule has 0 heterocycles. The van der Waals surface area contributed by atoms with Crippen molar-refractivity contribution in [2.24, 2.45) is 11.8 Å². The van der Waals surface area contributed by atoms with Gasteiger partial charge in [-0.1, -0.05) is 27.2 Å². The lowest BCUT2D eigenvalue weighted by Gasteiger charge is -2.16. The topological polar surface area (TPSA) is 23.8 Å². The van der Waals surface area contributed by atoms with E-state index >= 15 is 0 Å². The SMILES string of the molecule is CCC(CC[NH])C(C)C. The molecular weight excluding hydrogens is 110 g/mol. The van der Waals surface area contributed by atoms with E-state index in [9.17, 15) is 0 Å². The molecule has 0 fully saturated rings. The Balaban J connectivity index is 3.41. The minimum absolute atomic E-state index is 0.594. The first-order chi connectivity index (χ1) is 4.22. The predicted octanol–water partition coefficient (Wildman–Crippen LogP) is 2.34. The standard InChI is InChI=1S/C8H18N/c1-4-8(5-6-9)7(2)3/h7-9H,4-6H2,1-3H3. The molecule has 0 aromatic heterocycles. The molecule has 0 bridgehead atoms. The molecule has 0 amide bonds. The molecule has 0 aromatic carbocycles. The van der Waals surface area contributed by atoms with E-state index in [0.29, 0.717) is 6.54 Å². The second kappa shape index (κ2) is 4.80. The monoisotopic (exact) mass is 128 g/mol. The molecule has 1 radical (unpaired) electrons. The fraction of sp³-hybridized carbons (Fsp3) is 1.00. The fourth-order valence-electron chi connectivity index (χ4n) is 1.19. The maximum atomic E-state index is 7.03. The van der Waals surface area contributed by atoms with E-state index in [1.165, 1.54) is 6.42 Å². The smallest absolute Gasteiger partial charge is 0.0102 e. The van der Waals surface area contributed by atoms with E-state index in [-0.39, 0.29) is 0 Å². The van der Waals surface area contributed by atoms with Crippen LogP contribution in [0.3, 0.4) is 0 Å². The predicted molar refractivity (Wildman–Crippen MR) is 41.2 cm³/mol. The first-order valence-electron chi connectivity index (χ1n) is 3.87. The van der Waals surface area contributed by atoms with Gasteiger partial charge in [0.15, 0.2) is 0 Å². The van der Waals surface area contributed by atoms with Crippen molar-refractivity contribution < 1.29 is 0 Å². The van der Waals surface area contributed by atoms with Crippen molar-refractivity contribution in [3.63, 3.8) is 0 Å². The first-order valence-corrected chi connectivity index (χ1v) is 3.87. The minimum atomic E-state index is 0.594. The maximum Gasteiger partial charge on any atom is 0.0102 e. The quantitative estimate of drug-likeness (QED) is 0.555. The lowest BCUT2D eigenvalue weighted by Crippen LogP contribution is -2.09. The van der Waals surface area contributed by atoms with Crippen molar-refractivity contribution in [1.82, 2.24) is 5.73 Å². The normalized spacial score (nSPS) is 14.3. The Morgan fingerprint density at radius 3 is 2.00 bits per heavy atom. The summed E-state index contributed by atoms with van der Waals surface area (Å²) in [6.07, 6.45) is 2.31. The molecular formula is C8H18N. The summed E-state index contributed by atoms with van der Waals surface area (Å²) in [5, 5.41) is 0. The van der Waals surface area contributed by atoms with Crippen molar-refractivity contribution in [2.75, 3.05) is 6.54 Å². The Morgan fingerprint density at radius 1 is 1.33 bits per heavy atom. The number of hydrogen-bond donors (Lipinski definition) is 0. The Labute approximate surface area is 58.6 Å². The Hall–Kier alpha value is -0.0400. The summed E-state index contributed by atoms with van der Waals surface area (Å²) in [7, 11) is 0. The average Bonchev–Trinajstić information content (AvgIpc) is 1.82. The van der Waals surface area contributed by atoms with Crippen LogP contribution in [0.1, 0.15) is 33.6 Å². The molecule has 0 saturated heterocycles.